The Labute approximate surface area is 217 Å². The normalized spacial score (nSPS) is 10.8. The van der Waals surface area contributed by atoms with Crippen molar-refractivity contribution in [2.75, 3.05) is 35.6 Å². The first kappa shape index (κ1) is 25.8. The highest BCUT2D eigenvalue weighted by Gasteiger charge is 2.18. The van der Waals surface area contributed by atoms with Gasteiger partial charge in [-0.2, -0.15) is 0 Å². The third kappa shape index (κ3) is 6.27. The molecular weight excluding hydrogens is 466 g/mol. The number of carbonyl (C=O) groups excluding carboxylic acids is 2. The molecule has 0 aliphatic carbocycles. The fourth-order valence-electron chi connectivity index (χ4n) is 4.12. The van der Waals surface area contributed by atoms with Gasteiger partial charge in [-0.05, 0) is 63.1 Å². The van der Waals surface area contributed by atoms with Crippen molar-refractivity contribution in [3.63, 3.8) is 0 Å². The van der Waals surface area contributed by atoms with Crippen LogP contribution in [0.3, 0.4) is 0 Å². The van der Waals surface area contributed by atoms with E-state index in [0.717, 1.165) is 34.2 Å². The number of rotatable bonds is 9. The van der Waals surface area contributed by atoms with Gasteiger partial charge in [-0.3, -0.25) is 4.79 Å². The molecule has 0 spiro atoms. The molecule has 3 N–H and O–H groups in total. The van der Waals surface area contributed by atoms with Gasteiger partial charge in [0.15, 0.2) is 5.76 Å². The summed E-state index contributed by atoms with van der Waals surface area (Å²) in [5.74, 6) is 0.635. The summed E-state index contributed by atoms with van der Waals surface area (Å²) in [6, 6.07) is 17.0. The summed E-state index contributed by atoms with van der Waals surface area (Å²) in [6.45, 7) is 9.62. The van der Waals surface area contributed by atoms with Gasteiger partial charge >= 0.3 is 6.03 Å². The molecule has 4 aromatic rings. The summed E-state index contributed by atoms with van der Waals surface area (Å²) in [7, 11) is 0. The summed E-state index contributed by atoms with van der Waals surface area (Å²) in [5, 5.41) is 10.0. The minimum Gasteiger partial charge on any atom is -0.451 e. The minimum absolute atomic E-state index is 0.125. The summed E-state index contributed by atoms with van der Waals surface area (Å²) in [6.07, 6.45) is 2.45. The minimum atomic E-state index is -0.316. The van der Waals surface area contributed by atoms with Crippen LogP contribution in [0.25, 0.3) is 11.0 Å². The molecule has 0 bridgehead atoms. The number of aromatic nitrogens is 1. The van der Waals surface area contributed by atoms with E-state index in [0.29, 0.717) is 42.5 Å². The van der Waals surface area contributed by atoms with E-state index in [9.17, 15) is 9.59 Å². The number of fused-ring (bicyclic) bond motifs is 1. The first-order valence-corrected chi connectivity index (χ1v) is 12.5. The standard InChI is InChI=1S/C29H33N5O3/c1-5-15-34(29(36)33-24-9-7-6-8-20(24)3)16-14-30-26-13-11-22(18-31-26)32-28(35)27-21(4)23-17-19(2)10-12-25(23)37-27/h6-13,17-18H,5,14-16H2,1-4H3,(H,30,31)(H,32,35)(H,33,36). The maximum absolute atomic E-state index is 12.8. The Morgan fingerprint density at radius 2 is 1.78 bits per heavy atom. The molecule has 37 heavy (non-hydrogen) atoms. The maximum atomic E-state index is 12.8. The molecule has 0 saturated heterocycles. The molecule has 0 fully saturated rings. The van der Waals surface area contributed by atoms with Gasteiger partial charge in [-0.15, -0.1) is 0 Å². The summed E-state index contributed by atoms with van der Waals surface area (Å²) in [5.41, 5.74) is 5.01. The second-order valence-corrected chi connectivity index (χ2v) is 9.10. The number of nitrogens with zero attached hydrogens (tertiary/aromatic N) is 2. The molecular formula is C29H33N5O3. The van der Waals surface area contributed by atoms with Gasteiger partial charge < -0.3 is 25.3 Å². The molecule has 0 aliphatic heterocycles. The fourth-order valence-corrected chi connectivity index (χ4v) is 4.12. The molecule has 3 amide bonds. The zero-order valence-electron chi connectivity index (χ0n) is 21.7. The van der Waals surface area contributed by atoms with Crippen molar-refractivity contribution in [3.8, 4) is 0 Å². The second-order valence-electron chi connectivity index (χ2n) is 9.10. The first-order valence-electron chi connectivity index (χ1n) is 12.5. The molecule has 192 valence electrons. The Morgan fingerprint density at radius 1 is 0.973 bits per heavy atom. The molecule has 0 unspecified atom stereocenters. The number of pyridine rings is 1. The van der Waals surface area contributed by atoms with Crippen LogP contribution in [0.1, 0.15) is 40.6 Å². The third-order valence-electron chi connectivity index (χ3n) is 6.17. The van der Waals surface area contributed by atoms with Crippen molar-refractivity contribution in [1.29, 1.82) is 0 Å². The van der Waals surface area contributed by atoms with E-state index in [2.05, 4.69) is 20.9 Å². The van der Waals surface area contributed by atoms with Crippen molar-refractivity contribution in [3.05, 3.63) is 83.2 Å². The van der Waals surface area contributed by atoms with Gasteiger partial charge in [0, 0.05) is 36.3 Å². The molecule has 2 aromatic carbocycles. The average molecular weight is 500 g/mol. The number of aryl methyl sites for hydroxylation is 3. The number of anilines is 3. The molecule has 0 aliphatic rings. The fraction of sp³-hybridized carbons (Fsp3) is 0.276. The lowest BCUT2D eigenvalue weighted by Gasteiger charge is -2.23. The third-order valence-corrected chi connectivity index (χ3v) is 6.17. The lowest BCUT2D eigenvalue weighted by molar-refractivity contribution is 0.0998. The van der Waals surface area contributed by atoms with E-state index in [-0.39, 0.29) is 11.9 Å². The van der Waals surface area contributed by atoms with E-state index in [1.54, 1.807) is 23.2 Å². The highest BCUT2D eigenvalue weighted by atomic mass is 16.3. The molecule has 8 nitrogen and oxygen atoms in total. The number of amides is 3. The van der Waals surface area contributed by atoms with Crippen LogP contribution in [-0.4, -0.2) is 41.5 Å². The molecule has 0 atom stereocenters. The molecule has 2 aromatic heterocycles. The highest BCUT2D eigenvalue weighted by Crippen LogP contribution is 2.27. The van der Waals surface area contributed by atoms with E-state index in [4.69, 9.17) is 4.42 Å². The van der Waals surface area contributed by atoms with Crippen LogP contribution in [-0.2, 0) is 0 Å². The van der Waals surface area contributed by atoms with Crippen molar-refractivity contribution in [2.24, 2.45) is 0 Å². The predicted octanol–water partition coefficient (Wildman–Crippen LogP) is 6.36. The van der Waals surface area contributed by atoms with Crippen LogP contribution >= 0.6 is 0 Å². The van der Waals surface area contributed by atoms with E-state index in [1.165, 1.54) is 0 Å². The van der Waals surface area contributed by atoms with Crippen molar-refractivity contribution < 1.29 is 14.0 Å². The Hall–Kier alpha value is -4.33. The number of furan rings is 1. The maximum Gasteiger partial charge on any atom is 0.321 e. The van der Waals surface area contributed by atoms with Crippen molar-refractivity contribution in [2.45, 2.75) is 34.1 Å². The molecule has 2 heterocycles. The SMILES string of the molecule is CCCN(CCNc1ccc(NC(=O)c2oc3ccc(C)cc3c2C)cn1)C(=O)Nc1ccccc1C. The summed E-state index contributed by atoms with van der Waals surface area (Å²) < 4.78 is 5.79. The second kappa shape index (κ2) is 11.6. The van der Waals surface area contributed by atoms with Gasteiger partial charge in [0.1, 0.15) is 11.4 Å². The monoisotopic (exact) mass is 499 g/mol. The van der Waals surface area contributed by atoms with Crippen LogP contribution in [0, 0.1) is 20.8 Å². The number of para-hydroxylation sites is 1. The van der Waals surface area contributed by atoms with E-state index >= 15 is 0 Å². The van der Waals surface area contributed by atoms with Crippen LogP contribution < -0.4 is 16.0 Å². The quantitative estimate of drug-likeness (QED) is 0.249. The largest absolute Gasteiger partial charge is 0.451 e. The topological polar surface area (TPSA) is 99.5 Å². The zero-order valence-corrected chi connectivity index (χ0v) is 21.7. The van der Waals surface area contributed by atoms with Crippen molar-refractivity contribution >= 4 is 40.1 Å². The van der Waals surface area contributed by atoms with Crippen LogP contribution in [0.15, 0.2) is 65.2 Å². The lowest BCUT2D eigenvalue weighted by atomic mass is 10.1. The van der Waals surface area contributed by atoms with Crippen LogP contribution in [0.2, 0.25) is 0 Å². The van der Waals surface area contributed by atoms with Gasteiger partial charge in [-0.1, -0.05) is 36.8 Å². The molecule has 4 rings (SSSR count). The van der Waals surface area contributed by atoms with Gasteiger partial charge in [-0.25, -0.2) is 9.78 Å². The average Bonchev–Trinajstić information content (AvgIpc) is 3.21. The van der Waals surface area contributed by atoms with Crippen LogP contribution in [0.5, 0.6) is 0 Å². The van der Waals surface area contributed by atoms with Crippen molar-refractivity contribution in [1.82, 2.24) is 9.88 Å². The Bertz CT molecular complexity index is 1390. The lowest BCUT2D eigenvalue weighted by Crippen LogP contribution is -2.38. The highest BCUT2D eigenvalue weighted by molar-refractivity contribution is 6.06. The zero-order chi connectivity index (χ0) is 26.4. The summed E-state index contributed by atoms with van der Waals surface area (Å²) in [4.78, 5) is 31.8. The number of urea groups is 1. The van der Waals surface area contributed by atoms with Gasteiger partial charge in [0.2, 0.25) is 0 Å². The first-order chi connectivity index (χ1) is 17.9. The van der Waals surface area contributed by atoms with Gasteiger partial charge in [0.25, 0.3) is 5.91 Å². The number of hydrogen-bond acceptors (Lipinski definition) is 5. The summed E-state index contributed by atoms with van der Waals surface area (Å²) >= 11 is 0. The number of hydrogen-bond donors (Lipinski definition) is 3. The molecule has 0 radical (unpaired) electrons. The van der Waals surface area contributed by atoms with E-state index < -0.39 is 0 Å². The predicted molar refractivity (Wildman–Crippen MR) is 148 cm³/mol. The number of carbonyl (C=O) groups is 2. The molecule has 8 heteroatoms. The van der Waals surface area contributed by atoms with Gasteiger partial charge in [0.05, 0.1) is 11.9 Å². The Morgan fingerprint density at radius 3 is 2.51 bits per heavy atom. The number of nitrogens with one attached hydrogen (secondary N) is 3. The Balaban J connectivity index is 1.31. The number of benzene rings is 2. The smallest absolute Gasteiger partial charge is 0.321 e. The molecule has 0 saturated carbocycles. The van der Waals surface area contributed by atoms with Crippen LogP contribution in [0.4, 0.5) is 22.0 Å². The Kier molecular flexibility index (Phi) is 8.08. The van der Waals surface area contributed by atoms with E-state index in [1.807, 2.05) is 70.2 Å².